The molecule has 0 aromatic heterocycles. The van der Waals surface area contributed by atoms with Gasteiger partial charge in [0.2, 0.25) is 5.91 Å². The summed E-state index contributed by atoms with van der Waals surface area (Å²) in [7, 11) is 1.52. The number of phenolic OH excluding ortho intramolecular Hbond substituents is 1. The molecule has 24 heavy (non-hydrogen) atoms. The molecule has 6 heteroatoms. The predicted molar refractivity (Wildman–Crippen MR) is 97.2 cm³/mol. The Balaban J connectivity index is 2.06. The van der Waals surface area contributed by atoms with Crippen molar-refractivity contribution in [3.05, 3.63) is 58.1 Å². The molecule has 0 fully saturated rings. The number of carbonyl (C=O) groups excluding carboxylic acids is 2. The van der Waals surface area contributed by atoms with Gasteiger partial charge in [0.15, 0.2) is 0 Å². The van der Waals surface area contributed by atoms with E-state index in [2.05, 4.69) is 21.2 Å². The topological polar surface area (TPSA) is 69.6 Å². The van der Waals surface area contributed by atoms with Crippen LogP contribution in [0.5, 0.6) is 5.75 Å². The Bertz CT molecular complexity index is 762. The lowest BCUT2D eigenvalue weighted by Crippen LogP contribution is -2.35. The minimum absolute atomic E-state index is 0.108. The van der Waals surface area contributed by atoms with E-state index in [0.29, 0.717) is 4.47 Å². The van der Waals surface area contributed by atoms with Gasteiger partial charge < -0.3 is 15.3 Å². The van der Waals surface area contributed by atoms with Crippen LogP contribution in [0.1, 0.15) is 22.8 Å². The largest absolute Gasteiger partial charge is 0.507 e. The molecular weight excluding hydrogens is 372 g/mol. The third-order valence-corrected chi connectivity index (χ3v) is 4.08. The lowest BCUT2D eigenvalue weighted by atomic mass is 10.1. The van der Waals surface area contributed by atoms with E-state index in [1.807, 2.05) is 31.2 Å². The summed E-state index contributed by atoms with van der Waals surface area (Å²) in [4.78, 5) is 25.9. The molecule has 5 nitrogen and oxygen atoms in total. The highest BCUT2D eigenvalue weighted by Gasteiger charge is 2.18. The van der Waals surface area contributed by atoms with Gasteiger partial charge in [0.05, 0.1) is 12.1 Å². The summed E-state index contributed by atoms with van der Waals surface area (Å²) < 4.78 is 0.679. The number of anilines is 1. The van der Waals surface area contributed by atoms with Gasteiger partial charge in [-0.1, -0.05) is 41.1 Å². The first kappa shape index (κ1) is 18.0. The van der Waals surface area contributed by atoms with Crippen molar-refractivity contribution in [1.29, 1.82) is 0 Å². The number of halogens is 1. The molecule has 0 saturated heterocycles. The Morgan fingerprint density at radius 3 is 2.62 bits per heavy atom. The fourth-order valence-electron chi connectivity index (χ4n) is 2.31. The number of benzene rings is 2. The van der Waals surface area contributed by atoms with Crippen LogP contribution in [0.25, 0.3) is 0 Å². The minimum Gasteiger partial charge on any atom is -0.507 e. The van der Waals surface area contributed by atoms with Crippen molar-refractivity contribution in [2.24, 2.45) is 0 Å². The number of likely N-dealkylation sites (N-methyl/N-ethyl adjacent to an activating group) is 1. The Labute approximate surface area is 149 Å². The van der Waals surface area contributed by atoms with Gasteiger partial charge in [0.1, 0.15) is 5.75 Å². The van der Waals surface area contributed by atoms with Crippen LogP contribution < -0.4 is 5.32 Å². The number of aromatic hydroxyl groups is 1. The molecule has 0 bridgehead atoms. The average molecular weight is 391 g/mol. The first-order valence-corrected chi connectivity index (χ1v) is 8.33. The number of hydrogen-bond acceptors (Lipinski definition) is 3. The zero-order valence-corrected chi connectivity index (χ0v) is 15.1. The SMILES string of the molecule is CCc1ccccc1NC(=O)CN(C)C(=O)c1cc(Br)ccc1O. The third-order valence-electron chi connectivity index (χ3n) is 3.59. The standard InChI is InChI=1S/C18H19BrN2O3/c1-3-12-6-4-5-7-15(12)20-17(23)11-21(2)18(24)14-10-13(19)8-9-16(14)22/h4-10,22H,3,11H2,1-2H3,(H,20,23). The highest BCUT2D eigenvalue weighted by Crippen LogP contribution is 2.23. The maximum atomic E-state index is 12.4. The third kappa shape index (κ3) is 4.35. The van der Waals surface area contributed by atoms with Crippen molar-refractivity contribution in [2.75, 3.05) is 18.9 Å². The van der Waals surface area contributed by atoms with Crippen LogP contribution in [0.3, 0.4) is 0 Å². The summed E-state index contributed by atoms with van der Waals surface area (Å²) in [5, 5.41) is 12.6. The smallest absolute Gasteiger partial charge is 0.257 e. The second-order valence-corrected chi connectivity index (χ2v) is 6.30. The average Bonchev–Trinajstić information content (AvgIpc) is 2.56. The number of para-hydroxylation sites is 1. The van der Waals surface area contributed by atoms with Gasteiger partial charge in [-0.15, -0.1) is 0 Å². The summed E-state index contributed by atoms with van der Waals surface area (Å²) >= 11 is 3.26. The van der Waals surface area contributed by atoms with E-state index in [0.717, 1.165) is 17.7 Å². The molecule has 0 spiro atoms. The Morgan fingerprint density at radius 1 is 1.21 bits per heavy atom. The molecule has 0 atom stereocenters. The molecule has 2 aromatic rings. The van der Waals surface area contributed by atoms with Gasteiger partial charge in [-0.25, -0.2) is 0 Å². The maximum absolute atomic E-state index is 12.4. The second kappa shape index (κ2) is 7.97. The van der Waals surface area contributed by atoms with E-state index in [1.54, 1.807) is 6.07 Å². The van der Waals surface area contributed by atoms with Crippen LogP contribution in [0.2, 0.25) is 0 Å². The molecule has 0 heterocycles. The van der Waals surface area contributed by atoms with Crippen molar-refractivity contribution < 1.29 is 14.7 Å². The van der Waals surface area contributed by atoms with Gasteiger partial charge in [0.25, 0.3) is 5.91 Å². The summed E-state index contributed by atoms with van der Waals surface area (Å²) in [5.74, 6) is -0.833. The molecular formula is C18H19BrN2O3. The van der Waals surface area contributed by atoms with Crippen molar-refractivity contribution in [3.63, 3.8) is 0 Å². The number of rotatable bonds is 5. The Kier molecular flexibility index (Phi) is 5.98. The normalized spacial score (nSPS) is 10.3. The monoisotopic (exact) mass is 390 g/mol. The van der Waals surface area contributed by atoms with Gasteiger partial charge in [-0.05, 0) is 36.2 Å². The van der Waals surface area contributed by atoms with E-state index in [4.69, 9.17) is 0 Å². The van der Waals surface area contributed by atoms with Crippen molar-refractivity contribution in [1.82, 2.24) is 4.90 Å². The lowest BCUT2D eigenvalue weighted by Gasteiger charge is -2.18. The molecule has 2 rings (SSSR count). The molecule has 2 amide bonds. The zero-order chi connectivity index (χ0) is 17.7. The molecule has 0 aliphatic rings. The van der Waals surface area contributed by atoms with E-state index < -0.39 is 5.91 Å². The molecule has 2 N–H and O–H groups in total. The van der Waals surface area contributed by atoms with Gasteiger partial charge >= 0.3 is 0 Å². The number of aryl methyl sites for hydroxylation is 1. The lowest BCUT2D eigenvalue weighted by molar-refractivity contribution is -0.116. The molecule has 0 radical (unpaired) electrons. The number of nitrogens with zero attached hydrogens (tertiary/aromatic N) is 1. The first-order chi connectivity index (χ1) is 11.4. The number of nitrogens with one attached hydrogen (secondary N) is 1. The fourth-order valence-corrected chi connectivity index (χ4v) is 2.67. The number of phenols is 1. The van der Waals surface area contributed by atoms with Crippen LogP contribution in [0.15, 0.2) is 46.9 Å². The molecule has 0 saturated carbocycles. The van der Waals surface area contributed by atoms with Crippen LogP contribution >= 0.6 is 15.9 Å². The van der Waals surface area contributed by atoms with Crippen LogP contribution in [0, 0.1) is 0 Å². The molecule has 126 valence electrons. The van der Waals surface area contributed by atoms with Crippen LogP contribution in [-0.4, -0.2) is 35.4 Å². The molecule has 0 unspecified atom stereocenters. The number of amides is 2. The number of hydrogen-bond donors (Lipinski definition) is 2. The van der Waals surface area contributed by atoms with Gasteiger partial charge in [0, 0.05) is 17.2 Å². The van der Waals surface area contributed by atoms with Crippen LogP contribution in [-0.2, 0) is 11.2 Å². The van der Waals surface area contributed by atoms with Gasteiger partial charge in [-0.2, -0.15) is 0 Å². The van der Waals surface area contributed by atoms with Crippen molar-refractivity contribution in [2.45, 2.75) is 13.3 Å². The van der Waals surface area contributed by atoms with Crippen molar-refractivity contribution >= 4 is 33.4 Å². The summed E-state index contributed by atoms with van der Waals surface area (Å²) in [6, 6.07) is 12.1. The minimum atomic E-state index is -0.423. The van der Waals surface area contributed by atoms with Crippen LogP contribution in [0.4, 0.5) is 5.69 Å². The molecule has 0 aliphatic heterocycles. The Morgan fingerprint density at radius 2 is 1.92 bits per heavy atom. The summed E-state index contributed by atoms with van der Waals surface area (Å²) in [6.07, 6.45) is 0.803. The highest BCUT2D eigenvalue weighted by molar-refractivity contribution is 9.10. The zero-order valence-electron chi connectivity index (χ0n) is 13.5. The van der Waals surface area contributed by atoms with E-state index in [1.165, 1.54) is 24.1 Å². The summed E-state index contributed by atoms with van der Waals surface area (Å²) in [6.45, 7) is 1.90. The number of carbonyl (C=O) groups is 2. The van der Waals surface area contributed by atoms with E-state index >= 15 is 0 Å². The van der Waals surface area contributed by atoms with Gasteiger partial charge in [-0.3, -0.25) is 9.59 Å². The predicted octanol–water partition coefficient (Wildman–Crippen LogP) is 3.43. The van der Waals surface area contributed by atoms with Crippen molar-refractivity contribution in [3.8, 4) is 5.75 Å². The summed E-state index contributed by atoms with van der Waals surface area (Å²) in [5.41, 5.74) is 1.93. The molecule has 2 aromatic carbocycles. The quantitative estimate of drug-likeness (QED) is 0.821. The molecule has 0 aliphatic carbocycles. The highest BCUT2D eigenvalue weighted by atomic mass is 79.9. The second-order valence-electron chi connectivity index (χ2n) is 5.38. The van der Waals surface area contributed by atoms with E-state index in [9.17, 15) is 14.7 Å². The Hall–Kier alpha value is -2.34. The fraction of sp³-hybridized carbons (Fsp3) is 0.222. The first-order valence-electron chi connectivity index (χ1n) is 7.54. The van der Waals surface area contributed by atoms with E-state index in [-0.39, 0.29) is 23.8 Å². The maximum Gasteiger partial charge on any atom is 0.257 e.